The molecular weight excluding hydrogens is 390 g/mol. The number of aromatic nitrogens is 1. The first-order chi connectivity index (χ1) is 8.40. The average Bonchev–Trinajstić information content (AvgIpc) is 2.66. The molecule has 0 amide bonds. The first-order valence-corrected chi connectivity index (χ1v) is 7.65. The molecule has 0 spiro atoms. The standard InChI is InChI=1S/C9H7Br2N3O3S/c10-6-3-5(12)4-7(11)9(6)18(15,16)14-8-1-2-17-13-8/h1-4H,12H2,(H,13,14). The third kappa shape index (κ3) is 2.68. The quantitative estimate of drug-likeness (QED) is 0.777. The van der Waals surface area contributed by atoms with E-state index >= 15 is 0 Å². The Morgan fingerprint density at radius 2 is 1.89 bits per heavy atom. The van der Waals surface area contributed by atoms with Crippen molar-refractivity contribution in [2.45, 2.75) is 4.90 Å². The van der Waals surface area contributed by atoms with Gasteiger partial charge in [-0.05, 0) is 44.0 Å². The fourth-order valence-electron chi connectivity index (χ4n) is 1.29. The van der Waals surface area contributed by atoms with Gasteiger partial charge in [-0.25, -0.2) is 8.42 Å². The smallest absolute Gasteiger partial charge is 0.265 e. The molecular formula is C9H7Br2N3O3S. The van der Waals surface area contributed by atoms with Gasteiger partial charge < -0.3 is 10.3 Å². The molecule has 6 nitrogen and oxygen atoms in total. The van der Waals surface area contributed by atoms with Crippen LogP contribution in [0.3, 0.4) is 0 Å². The number of anilines is 2. The zero-order valence-corrected chi connectivity index (χ0v) is 12.7. The molecule has 0 saturated carbocycles. The summed E-state index contributed by atoms with van der Waals surface area (Å²) in [4.78, 5) is 0.0414. The summed E-state index contributed by atoms with van der Waals surface area (Å²) in [7, 11) is -3.78. The molecule has 0 aliphatic heterocycles. The number of halogens is 2. The molecule has 0 aliphatic rings. The van der Waals surface area contributed by atoms with E-state index < -0.39 is 10.0 Å². The van der Waals surface area contributed by atoms with Gasteiger partial charge in [0.1, 0.15) is 11.2 Å². The third-order valence-corrected chi connectivity index (χ3v) is 5.20. The second-order valence-corrected chi connectivity index (χ2v) is 6.63. The minimum atomic E-state index is -3.78. The molecule has 0 unspecified atom stereocenters. The Morgan fingerprint density at radius 3 is 2.39 bits per heavy atom. The lowest BCUT2D eigenvalue weighted by atomic mass is 10.3. The van der Waals surface area contributed by atoms with Crippen molar-refractivity contribution in [2.24, 2.45) is 0 Å². The Bertz CT molecular complexity index is 647. The fourth-order valence-corrected chi connectivity index (χ4v) is 4.90. The maximum Gasteiger partial charge on any atom is 0.265 e. The molecule has 1 aromatic heterocycles. The van der Waals surface area contributed by atoms with E-state index in [-0.39, 0.29) is 10.7 Å². The monoisotopic (exact) mass is 395 g/mol. The SMILES string of the molecule is Nc1cc(Br)c(S(=O)(=O)Nc2ccon2)c(Br)c1. The number of hydrogen-bond donors (Lipinski definition) is 2. The van der Waals surface area contributed by atoms with E-state index in [0.29, 0.717) is 14.6 Å². The second kappa shape index (κ2) is 4.90. The van der Waals surface area contributed by atoms with Crippen LogP contribution in [0.25, 0.3) is 0 Å². The Kier molecular flexibility index (Phi) is 3.64. The summed E-state index contributed by atoms with van der Waals surface area (Å²) >= 11 is 6.33. The molecule has 0 fully saturated rings. The van der Waals surface area contributed by atoms with Crippen LogP contribution in [-0.4, -0.2) is 13.6 Å². The summed E-state index contributed by atoms with van der Waals surface area (Å²) in [5.41, 5.74) is 6.04. The molecule has 9 heteroatoms. The van der Waals surface area contributed by atoms with E-state index in [1.54, 1.807) is 0 Å². The Hall–Kier alpha value is -1.06. The lowest BCUT2D eigenvalue weighted by molar-refractivity contribution is 0.423. The van der Waals surface area contributed by atoms with Crippen molar-refractivity contribution in [1.82, 2.24) is 5.16 Å². The molecule has 0 saturated heterocycles. The van der Waals surface area contributed by atoms with Crippen LogP contribution in [0.1, 0.15) is 0 Å². The van der Waals surface area contributed by atoms with E-state index in [9.17, 15) is 8.42 Å². The van der Waals surface area contributed by atoms with Gasteiger partial charge in [0, 0.05) is 20.7 Å². The highest BCUT2D eigenvalue weighted by atomic mass is 79.9. The Morgan fingerprint density at radius 1 is 1.28 bits per heavy atom. The molecule has 1 aromatic carbocycles. The Labute approximate surface area is 120 Å². The van der Waals surface area contributed by atoms with Crippen LogP contribution in [-0.2, 0) is 10.0 Å². The number of sulfonamides is 1. The van der Waals surface area contributed by atoms with E-state index in [1.165, 1.54) is 24.5 Å². The number of nitrogens with one attached hydrogen (secondary N) is 1. The van der Waals surface area contributed by atoms with E-state index in [1.807, 2.05) is 0 Å². The first-order valence-electron chi connectivity index (χ1n) is 4.58. The first kappa shape index (κ1) is 13.4. The summed E-state index contributed by atoms with van der Waals surface area (Å²) in [5.74, 6) is 0.102. The zero-order valence-electron chi connectivity index (χ0n) is 8.72. The molecule has 0 radical (unpaired) electrons. The molecule has 0 aliphatic carbocycles. The van der Waals surface area contributed by atoms with Crippen molar-refractivity contribution >= 4 is 53.4 Å². The van der Waals surface area contributed by atoms with Gasteiger partial charge in [0.15, 0.2) is 5.82 Å². The number of nitrogens with two attached hydrogens (primary N) is 1. The largest absolute Gasteiger partial charge is 0.399 e. The molecule has 0 bridgehead atoms. The highest BCUT2D eigenvalue weighted by molar-refractivity contribution is 9.11. The number of hydrogen-bond acceptors (Lipinski definition) is 5. The van der Waals surface area contributed by atoms with Crippen molar-refractivity contribution < 1.29 is 12.9 Å². The number of rotatable bonds is 3. The predicted octanol–water partition coefficient (Wildman–Crippen LogP) is 2.58. The molecule has 96 valence electrons. The summed E-state index contributed by atoms with van der Waals surface area (Å²) in [6.07, 6.45) is 1.27. The van der Waals surface area contributed by atoms with Crippen LogP contribution < -0.4 is 10.5 Å². The van der Waals surface area contributed by atoms with Crippen molar-refractivity contribution in [3.05, 3.63) is 33.4 Å². The van der Waals surface area contributed by atoms with E-state index in [0.717, 1.165) is 0 Å². The van der Waals surface area contributed by atoms with E-state index in [2.05, 4.69) is 46.3 Å². The van der Waals surface area contributed by atoms with Gasteiger partial charge in [-0.15, -0.1) is 0 Å². The lowest BCUT2D eigenvalue weighted by Gasteiger charge is -2.10. The summed E-state index contributed by atoms with van der Waals surface area (Å²) < 4.78 is 31.9. The fraction of sp³-hybridized carbons (Fsp3) is 0. The molecule has 2 rings (SSSR count). The molecule has 18 heavy (non-hydrogen) atoms. The number of nitrogens with zero attached hydrogens (tertiary/aromatic N) is 1. The highest BCUT2D eigenvalue weighted by Gasteiger charge is 2.22. The van der Waals surface area contributed by atoms with Gasteiger partial charge in [-0.2, -0.15) is 0 Å². The number of benzene rings is 1. The Balaban J connectivity index is 2.48. The average molecular weight is 397 g/mol. The van der Waals surface area contributed by atoms with Gasteiger partial charge in [0.2, 0.25) is 0 Å². The van der Waals surface area contributed by atoms with Crippen molar-refractivity contribution in [1.29, 1.82) is 0 Å². The normalized spacial score (nSPS) is 11.4. The molecule has 0 atom stereocenters. The molecule has 1 heterocycles. The van der Waals surface area contributed by atoms with Crippen molar-refractivity contribution in [3.8, 4) is 0 Å². The minimum absolute atomic E-state index is 0.0414. The van der Waals surface area contributed by atoms with E-state index in [4.69, 9.17) is 5.73 Å². The zero-order chi connectivity index (χ0) is 13.3. The topological polar surface area (TPSA) is 98.2 Å². The van der Waals surface area contributed by atoms with Crippen LogP contribution in [0.5, 0.6) is 0 Å². The van der Waals surface area contributed by atoms with Gasteiger partial charge in [-0.3, -0.25) is 4.72 Å². The van der Waals surface area contributed by atoms with Crippen LogP contribution in [0.15, 0.2) is 42.8 Å². The van der Waals surface area contributed by atoms with Crippen LogP contribution in [0, 0.1) is 0 Å². The van der Waals surface area contributed by atoms with Gasteiger partial charge in [-0.1, -0.05) is 5.16 Å². The summed E-state index contributed by atoms with van der Waals surface area (Å²) in [6, 6.07) is 4.40. The summed E-state index contributed by atoms with van der Waals surface area (Å²) in [5, 5.41) is 3.48. The second-order valence-electron chi connectivity index (χ2n) is 3.30. The summed E-state index contributed by atoms with van der Waals surface area (Å²) in [6.45, 7) is 0. The molecule has 3 N–H and O–H groups in total. The van der Waals surface area contributed by atoms with Gasteiger partial charge in [0.05, 0.1) is 0 Å². The van der Waals surface area contributed by atoms with Crippen LogP contribution >= 0.6 is 31.9 Å². The number of nitrogen functional groups attached to an aromatic ring is 1. The van der Waals surface area contributed by atoms with Crippen molar-refractivity contribution in [2.75, 3.05) is 10.5 Å². The highest BCUT2D eigenvalue weighted by Crippen LogP contribution is 2.33. The lowest BCUT2D eigenvalue weighted by Crippen LogP contribution is -2.14. The molecule has 2 aromatic rings. The third-order valence-electron chi connectivity index (χ3n) is 1.97. The van der Waals surface area contributed by atoms with Crippen LogP contribution in [0.2, 0.25) is 0 Å². The van der Waals surface area contributed by atoms with Gasteiger partial charge >= 0.3 is 0 Å². The predicted molar refractivity (Wildman–Crippen MR) is 73.6 cm³/mol. The maximum atomic E-state index is 12.2. The van der Waals surface area contributed by atoms with Gasteiger partial charge in [0.25, 0.3) is 10.0 Å². The van der Waals surface area contributed by atoms with Crippen molar-refractivity contribution in [3.63, 3.8) is 0 Å². The van der Waals surface area contributed by atoms with Crippen LogP contribution in [0.4, 0.5) is 11.5 Å². The maximum absolute atomic E-state index is 12.2. The minimum Gasteiger partial charge on any atom is -0.399 e.